The first-order valence-corrected chi connectivity index (χ1v) is 5.21. The molecule has 0 spiro atoms. The van der Waals surface area contributed by atoms with Gasteiger partial charge in [0.1, 0.15) is 0 Å². The molecule has 16 heavy (non-hydrogen) atoms. The highest BCUT2D eigenvalue weighted by atomic mass is 19.2. The van der Waals surface area contributed by atoms with E-state index in [9.17, 15) is 8.78 Å². The quantitative estimate of drug-likeness (QED) is 0.732. The molecule has 0 fully saturated rings. The highest BCUT2D eigenvalue weighted by Gasteiger charge is 2.13. The van der Waals surface area contributed by atoms with Crippen molar-refractivity contribution in [2.45, 2.75) is 20.3 Å². The summed E-state index contributed by atoms with van der Waals surface area (Å²) in [6, 6.07) is 4.65. The molecule has 2 aromatic carbocycles. The van der Waals surface area contributed by atoms with E-state index < -0.39 is 11.6 Å². The van der Waals surface area contributed by atoms with Crippen molar-refractivity contribution >= 4 is 16.5 Å². The largest absolute Gasteiger partial charge is 0.399 e. The van der Waals surface area contributed by atoms with Gasteiger partial charge in [-0.15, -0.1) is 0 Å². The summed E-state index contributed by atoms with van der Waals surface area (Å²) < 4.78 is 26.9. The van der Waals surface area contributed by atoms with Gasteiger partial charge in [0.2, 0.25) is 0 Å². The van der Waals surface area contributed by atoms with Gasteiger partial charge in [-0.05, 0) is 53.4 Å². The zero-order valence-electron chi connectivity index (χ0n) is 9.27. The molecular weight excluding hydrogens is 208 g/mol. The number of anilines is 1. The minimum Gasteiger partial charge on any atom is -0.399 e. The van der Waals surface area contributed by atoms with Crippen LogP contribution in [-0.2, 0) is 6.42 Å². The van der Waals surface area contributed by atoms with Gasteiger partial charge in [0.15, 0.2) is 11.6 Å². The minimum absolute atomic E-state index is 0.424. The molecule has 3 heteroatoms. The van der Waals surface area contributed by atoms with Crippen LogP contribution < -0.4 is 5.73 Å². The summed E-state index contributed by atoms with van der Waals surface area (Å²) >= 11 is 0. The molecule has 0 radical (unpaired) electrons. The molecule has 0 aromatic heterocycles. The van der Waals surface area contributed by atoms with E-state index in [1.165, 1.54) is 6.07 Å². The molecule has 0 unspecified atom stereocenters. The summed E-state index contributed by atoms with van der Waals surface area (Å²) in [6.07, 6.45) is 0.463. The Labute approximate surface area is 92.9 Å². The maximum Gasteiger partial charge on any atom is 0.162 e. The smallest absolute Gasteiger partial charge is 0.162 e. The predicted molar refractivity (Wildman–Crippen MR) is 62.4 cm³/mol. The number of hydrogen-bond donors (Lipinski definition) is 1. The van der Waals surface area contributed by atoms with E-state index in [4.69, 9.17) is 5.73 Å². The van der Waals surface area contributed by atoms with Crippen LogP contribution in [0.5, 0.6) is 0 Å². The number of fused-ring (bicyclic) bond motifs is 1. The molecule has 2 aromatic rings. The molecule has 0 aliphatic heterocycles. The van der Waals surface area contributed by atoms with Gasteiger partial charge in [0.05, 0.1) is 0 Å². The summed E-state index contributed by atoms with van der Waals surface area (Å²) in [5, 5.41) is 1.43. The van der Waals surface area contributed by atoms with E-state index in [0.29, 0.717) is 23.1 Å². The Balaban J connectivity index is 2.96. The Morgan fingerprint density at radius 2 is 1.88 bits per heavy atom. The van der Waals surface area contributed by atoms with Crippen molar-refractivity contribution in [1.82, 2.24) is 0 Å². The second kappa shape index (κ2) is 3.74. The van der Waals surface area contributed by atoms with Crippen LogP contribution >= 0.6 is 0 Å². The van der Waals surface area contributed by atoms with Crippen LogP contribution in [-0.4, -0.2) is 0 Å². The zero-order valence-corrected chi connectivity index (χ0v) is 9.27. The highest BCUT2D eigenvalue weighted by molar-refractivity contribution is 5.91. The Morgan fingerprint density at radius 1 is 1.19 bits per heavy atom. The number of halogens is 2. The Hall–Kier alpha value is -1.64. The van der Waals surface area contributed by atoms with Crippen LogP contribution in [0, 0.1) is 18.6 Å². The van der Waals surface area contributed by atoms with Crippen LogP contribution in [0.4, 0.5) is 14.5 Å². The van der Waals surface area contributed by atoms with Crippen LogP contribution in [0.15, 0.2) is 18.2 Å². The predicted octanol–water partition coefficient (Wildman–Crippen LogP) is 3.57. The first-order chi connectivity index (χ1) is 7.54. The number of hydrogen-bond acceptors (Lipinski definition) is 1. The molecule has 0 saturated carbocycles. The van der Waals surface area contributed by atoms with E-state index in [-0.39, 0.29) is 0 Å². The molecular formula is C13H13F2N. The van der Waals surface area contributed by atoms with Crippen molar-refractivity contribution in [3.8, 4) is 0 Å². The molecule has 0 aliphatic carbocycles. The number of nitrogen functional groups attached to an aromatic ring is 1. The molecule has 0 bridgehead atoms. The number of benzene rings is 2. The van der Waals surface area contributed by atoms with Crippen LogP contribution in [0.3, 0.4) is 0 Å². The first kappa shape index (κ1) is 10.9. The van der Waals surface area contributed by atoms with E-state index >= 15 is 0 Å². The summed E-state index contributed by atoms with van der Waals surface area (Å²) in [5.41, 5.74) is 7.56. The minimum atomic E-state index is -0.811. The maximum absolute atomic E-state index is 13.6. The molecule has 0 amide bonds. The third-order valence-electron chi connectivity index (χ3n) is 2.80. The van der Waals surface area contributed by atoms with Crippen molar-refractivity contribution in [1.29, 1.82) is 0 Å². The van der Waals surface area contributed by atoms with E-state index in [2.05, 4.69) is 0 Å². The van der Waals surface area contributed by atoms with Crippen molar-refractivity contribution < 1.29 is 8.78 Å². The van der Waals surface area contributed by atoms with Gasteiger partial charge in [-0.2, -0.15) is 0 Å². The third-order valence-corrected chi connectivity index (χ3v) is 2.80. The van der Waals surface area contributed by atoms with Crippen LogP contribution in [0.1, 0.15) is 18.1 Å². The molecule has 0 aliphatic rings. The van der Waals surface area contributed by atoms with E-state index in [1.54, 1.807) is 12.1 Å². The first-order valence-electron chi connectivity index (χ1n) is 5.21. The van der Waals surface area contributed by atoms with Crippen LogP contribution in [0.25, 0.3) is 10.8 Å². The molecule has 0 saturated heterocycles. The third kappa shape index (κ3) is 1.52. The fraction of sp³-hybridized carbons (Fsp3) is 0.231. The zero-order chi connectivity index (χ0) is 11.9. The molecule has 2 rings (SSSR count). The van der Waals surface area contributed by atoms with Crippen molar-refractivity contribution in [2.24, 2.45) is 0 Å². The average Bonchev–Trinajstić information content (AvgIpc) is 2.20. The van der Waals surface area contributed by atoms with Gasteiger partial charge in [0, 0.05) is 5.69 Å². The summed E-state index contributed by atoms with van der Waals surface area (Å²) in [5.74, 6) is -1.56. The Morgan fingerprint density at radius 3 is 2.50 bits per heavy atom. The van der Waals surface area contributed by atoms with Crippen molar-refractivity contribution in [3.63, 3.8) is 0 Å². The number of nitrogens with two attached hydrogens (primary N) is 1. The normalized spacial score (nSPS) is 11.0. The summed E-state index contributed by atoms with van der Waals surface area (Å²) in [4.78, 5) is 0. The second-order valence-electron chi connectivity index (χ2n) is 3.94. The lowest BCUT2D eigenvalue weighted by atomic mass is 9.97. The second-order valence-corrected chi connectivity index (χ2v) is 3.94. The van der Waals surface area contributed by atoms with Gasteiger partial charge in [-0.3, -0.25) is 0 Å². The SMILES string of the molecule is CCc1c(F)c(F)cc2cc(N)cc(C)c12. The van der Waals surface area contributed by atoms with Gasteiger partial charge < -0.3 is 5.73 Å². The topological polar surface area (TPSA) is 26.0 Å². The molecule has 84 valence electrons. The number of aryl methyl sites for hydroxylation is 2. The average molecular weight is 221 g/mol. The van der Waals surface area contributed by atoms with Gasteiger partial charge in [-0.25, -0.2) is 8.78 Å². The summed E-state index contributed by atoms with van der Waals surface area (Å²) in [6.45, 7) is 3.67. The van der Waals surface area contributed by atoms with Crippen molar-refractivity contribution in [3.05, 3.63) is 41.0 Å². The fourth-order valence-electron chi connectivity index (χ4n) is 2.16. The summed E-state index contributed by atoms with van der Waals surface area (Å²) in [7, 11) is 0. The lowest BCUT2D eigenvalue weighted by Gasteiger charge is -2.11. The standard InChI is InChI=1S/C13H13F2N/c1-3-10-12-7(2)4-9(16)5-8(12)6-11(14)13(10)15/h4-6H,3,16H2,1-2H3. The van der Waals surface area contributed by atoms with Gasteiger partial charge in [0.25, 0.3) is 0 Å². The lowest BCUT2D eigenvalue weighted by molar-refractivity contribution is 0.502. The highest BCUT2D eigenvalue weighted by Crippen LogP contribution is 2.29. The Bertz CT molecular complexity index is 562. The monoisotopic (exact) mass is 221 g/mol. The van der Waals surface area contributed by atoms with Crippen LogP contribution in [0.2, 0.25) is 0 Å². The lowest BCUT2D eigenvalue weighted by Crippen LogP contribution is -1.98. The number of rotatable bonds is 1. The molecule has 1 nitrogen and oxygen atoms in total. The van der Waals surface area contributed by atoms with E-state index in [0.717, 1.165) is 10.9 Å². The van der Waals surface area contributed by atoms with Crippen molar-refractivity contribution in [2.75, 3.05) is 5.73 Å². The fourth-order valence-corrected chi connectivity index (χ4v) is 2.16. The van der Waals surface area contributed by atoms with Gasteiger partial charge >= 0.3 is 0 Å². The molecule has 0 heterocycles. The molecule has 0 atom stereocenters. The van der Waals surface area contributed by atoms with Gasteiger partial charge in [-0.1, -0.05) is 6.92 Å². The maximum atomic E-state index is 13.6. The van der Waals surface area contributed by atoms with E-state index in [1.807, 2.05) is 13.8 Å². The molecule has 2 N–H and O–H groups in total. The Kier molecular flexibility index (Phi) is 2.54.